The highest BCUT2D eigenvalue weighted by atomic mass is 16.2. The first-order valence-electron chi connectivity index (χ1n) is 10.4. The van der Waals surface area contributed by atoms with E-state index in [-0.39, 0.29) is 11.8 Å². The number of nitrogens with two attached hydrogens (primary N) is 1. The van der Waals surface area contributed by atoms with Crippen LogP contribution in [0.3, 0.4) is 0 Å². The third kappa shape index (κ3) is 6.69. The largest absolute Gasteiger partial charge is 0.325 e. The van der Waals surface area contributed by atoms with Crippen molar-refractivity contribution in [3.63, 3.8) is 0 Å². The summed E-state index contributed by atoms with van der Waals surface area (Å²) in [5.41, 5.74) is 8.14. The van der Waals surface area contributed by atoms with E-state index in [1.807, 2.05) is 30.3 Å². The predicted molar refractivity (Wildman–Crippen MR) is 117 cm³/mol. The van der Waals surface area contributed by atoms with Crippen molar-refractivity contribution in [3.05, 3.63) is 60.2 Å². The molecule has 0 saturated carbocycles. The van der Waals surface area contributed by atoms with E-state index in [4.69, 9.17) is 5.73 Å². The first kappa shape index (κ1) is 21.0. The minimum absolute atomic E-state index is 0.00606. The van der Waals surface area contributed by atoms with Crippen LogP contribution in [0.15, 0.2) is 54.6 Å². The smallest absolute Gasteiger partial charge is 0.245 e. The van der Waals surface area contributed by atoms with Gasteiger partial charge >= 0.3 is 0 Å². The number of carbonyl (C=O) groups is 2. The lowest BCUT2D eigenvalue weighted by atomic mass is 10.1. The molecule has 2 aromatic carbocycles. The molecule has 3 rings (SSSR count). The van der Waals surface area contributed by atoms with E-state index in [9.17, 15) is 9.59 Å². The second-order valence-corrected chi connectivity index (χ2v) is 7.55. The van der Waals surface area contributed by atoms with Gasteiger partial charge in [0, 0.05) is 11.4 Å². The predicted octanol–water partition coefficient (Wildman–Crippen LogP) is 3.53. The summed E-state index contributed by atoms with van der Waals surface area (Å²) in [6.07, 6.45) is 6.12. The molecule has 1 saturated heterocycles. The lowest BCUT2D eigenvalue weighted by Gasteiger charge is -2.23. The lowest BCUT2D eigenvalue weighted by molar-refractivity contribution is -0.118. The SMILES string of the molecule is NC(C(=O)Nc1ccc(NC(=O)CN2CCCCCCC2)cc1)c1ccccc1. The quantitative estimate of drug-likeness (QED) is 0.699. The Hall–Kier alpha value is -2.70. The monoisotopic (exact) mass is 394 g/mol. The van der Waals surface area contributed by atoms with Crippen LogP contribution in [0.1, 0.15) is 43.7 Å². The van der Waals surface area contributed by atoms with E-state index < -0.39 is 6.04 Å². The van der Waals surface area contributed by atoms with Crippen molar-refractivity contribution in [2.45, 2.75) is 38.1 Å². The molecule has 0 spiro atoms. The van der Waals surface area contributed by atoms with Crippen molar-refractivity contribution >= 4 is 23.2 Å². The van der Waals surface area contributed by atoms with Gasteiger partial charge in [-0.15, -0.1) is 0 Å². The molecule has 1 aliphatic rings. The van der Waals surface area contributed by atoms with Gasteiger partial charge in [-0.2, -0.15) is 0 Å². The molecule has 2 amide bonds. The summed E-state index contributed by atoms with van der Waals surface area (Å²) in [5.74, 6) is -0.279. The van der Waals surface area contributed by atoms with Crippen LogP contribution in [0.5, 0.6) is 0 Å². The molecule has 0 aromatic heterocycles. The maximum absolute atomic E-state index is 12.3. The number of hydrogen-bond donors (Lipinski definition) is 3. The summed E-state index contributed by atoms with van der Waals surface area (Å²) in [5, 5.41) is 5.75. The Labute approximate surface area is 172 Å². The Balaban J connectivity index is 1.49. The van der Waals surface area contributed by atoms with Gasteiger partial charge in [-0.05, 0) is 55.8 Å². The van der Waals surface area contributed by atoms with Crippen molar-refractivity contribution in [2.24, 2.45) is 5.73 Å². The zero-order valence-corrected chi connectivity index (χ0v) is 16.8. The Kier molecular flexibility index (Phi) is 7.78. The van der Waals surface area contributed by atoms with Crippen molar-refractivity contribution in [1.29, 1.82) is 0 Å². The first-order chi connectivity index (χ1) is 14.1. The minimum Gasteiger partial charge on any atom is -0.325 e. The Morgan fingerprint density at radius 2 is 1.38 bits per heavy atom. The standard InChI is InChI=1S/C23H30N4O2/c24-22(18-9-5-4-6-10-18)23(29)26-20-13-11-19(12-14-20)25-21(28)17-27-15-7-2-1-3-8-16-27/h4-6,9-14,22H,1-3,7-8,15-17,24H2,(H,25,28)(H,26,29). The molecule has 6 heteroatoms. The number of likely N-dealkylation sites (tertiary alicyclic amines) is 1. The molecule has 1 unspecified atom stereocenters. The Morgan fingerprint density at radius 1 is 0.828 bits per heavy atom. The van der Waals surface area contributed by atoms with Crippen molar-refractivity contribution in [1.82, 2.24) is 4.90 Å². The first-order valence-corrected chi connectivity index (χ1v) is 10.4. The van der Waals surface area contributed by atoms with Crippen LogP contribution >= 0.6 is 0 Å². The van der Waals surface area contributed by atoms with E-state index in [1.54, 1.807) is 24.3 Å². The third-order valence-electron chi connectivity index (χ3n) is 5.19. The topological polar surface area (TPSA) is 87.5 Å². The summed E-state index contributed by atoms with van der Waals surface area (Å²) < 4.78 is 0. The molecule has 4 N–H and O–H groups in total. The van der Waals surface area contributed by atoms with Gasteiger partial charge < -0.3 is 16.4 Å². The van der Waals surface area contributed by atoms with Gasteiger partial charge in [0.05, 0.1) is 6.54 Å². The lowest BCUT2D eigenvalue weighted by Crippen LogP contribution is -2.35. The van der Waals surface area contributed by atoms with Gasteiger partial charge in [0.15, 0.2) is 0 Å². The van der Waals surface area contributed by atoms with Crippen molar-refractivity contribution in [3.8, 4) is 0 Å². The average molecular weight is 395 g/mol. The molecule has 154 valence electrons. The highest BCUT2D eigenvalue weighted by molar-refractivity contribution is 5.96. The molecular weight excluding hydrogens is 364 g/mol. The number of amides is 2. The molecule has 1 heterocycles. The summed E-state index contributed by atoms with van der Waals surface area (Å²) in [6, 6.07) is 15.6. The minimum atomic E-state index is -0.728. The second kappa shape index (κ2) is 10.7. The molecule has 29 heavy (non-hydrogen) atoms. The van der Waals surface area contributed by atoms with E-state index in [0.717, 1.165) is 31.5 Å². The summed E-state index contributed by atoms with van der Waals surface area (Å²) in [7, 11) is 0. The molecule has 0 bridgehead atoms. The maximum Gasteiger partial charge on any atom is 0.245 e. The number of nitrogens with one attached hydrogen (secondary N) is 2. The maximum atomic E-state index is 12.3. The average Bonchev–Trinajstić information content (AvgIpc) is 2.71. The van der Waals surface area contributed by atoms with Gasteiger partial charge in [-0.25, -0.2) is 0 Å². The number of benzene rings is 2. The molecule has 0 aliphatic carbocycles. The summed E-state index contributed by atoms with van der Waals surface area (Å²) >= 11 is 0. The van der Waals surface area contributed by atoms with Gasteiger partial charge in [0.1, 0.15) is 6.04 Å². The van der Waals surface area contributed by atoms with Gasteiger partial charge in [0.2, 0.25) is 11.8 Å². The van der Waals surface area contributed by atoms with Crippen LogP contribution in [0, 0.1) is 0 Å². The molecular formula is C23H30N4O2. The van der Waals surface area contributed by atoms with Crippen LogP contribution < -0.4 is 16.4 Å². The fraction of sp³-hybridized carbons (Fsp3) is 0.391. The van der Waals surface area contributed by atoms with Gasteiger partial charge in [-0.3, -0.25) is 14.5 Å². The normalized spacial score (nSPS) is 16.3. The van der Waals surface area contributed by atoms with E-state index in [0.29, 0.717) is 17.9 Å². The van der Waals surface area contributed by atoms with Crippen LogP contribution in [-0.2, 0) is 9.59 Å². The number of nitrogens with zero attached hydrogens (tertiary/aromatic N) is 1. The molecule has 1 atom stereocenters. The number of anilines is 2. The van der Waals surface area contributed by atoms with Gasteiger partial charge in [-0.1, -0.05) is 49.6 Å². The van der Waals surface area contributed by atoms with Crippen LogP contribution in [0.2, 0.25) is 0 Å². The highest BCUT2D eigenvalue weighted by Gasteiger charge is 2.16. The van der Waals surface area contributed by atoms with E-state index in [2.05, 4.69) is 15.5 Å². The zero-order chi connectivity index (χ0) is 20.5. The summed E-state index contributed by atoms with van der Waals surface area (Å²) in [4.78, 5) is 26.9. The van der Waals surface area contributed by atoms with Crippen LogP contribution in [0.25, 0.3) is 0 Å². The third-order valence-corrected chi connectivity index (χ3v) is 5.19. The molecule has 1 aliphatic heterocycles. The second-order valence-electron chi connectivity index (χ2n) is 7.55. The van der Waals surface area contributed by atoms with E-state index in [1.165, 1.54) is 19.3 Å². The van der Waals surface area contributed by atoms with Crippen molar-refractivity contribution < 1.29 is 9.59 Å². The van der Waals surface area contributed by atoms with Crippen LogP contribution in [-0.4, -0.2) is 36.3 Å². The van der Waals surface area contributed by atoms with E-state index >= 15 is 0 Å². The zero-order valence-electron chi connectivity index (χ0n) is 16.8. The number of hydrogen-bond acceptors (Lipinski definition) is 4. The van der Waals surface area contributed by atoms with Crippen LogP contribution in [0.4, 0.5) is 11.4 Å². The Morgan fingerprint density at radius 3 is 2.00 bits per heavy atom. The molecule has 6 nitrogen and oxygen atoms in total. The molecule has 2 aromatic rings. The fourth-order valence-electron chi connectivity index (χ4n) is 3.54. The molecule has 0 radical (unpaired) electrons. The molecule has 1 fully saturated rings. The number of carbonyl (C=O) groups excluding carboxylic acids is 2. The number of rotatable bonds is 6. The van der Waals surface area contributed by atoms with Gasteiger partial charge in [0.25, 0.3) is 0 Å². The van der Waals surface area contributed by atoms with Crippen molar-refractivity contribution in [2.75, 3.05) is 30.3 Å². The Bertz CT molecular complexity index is 784. The summed E-state index contributed by atoms with van der Waals surface area (Å²) in [6.45, 7) is 2.39. The highest BCUT2D eigenvalue weighted by Crippen LogP contribution is 2.17. The fourth-order valence-corrected chi connectivity index (χ4v) is 3.54.